The van der Waals surface area contributed by atoms with Gasteiger partial charge in [-0.1, -0.05) is 11.6 Å². The normalized spacial score (nSPS) is 15.7. The molecule has 2 rings (SSSR count). The predicted octanol–water partition coefficient (Wildman–Crippen LogP) is 2.72. The Morgan fingerprint density at radius 3 is 2.50 bits per heavy atom. The van der Waals surface area contributed by atoms with Gasteiger partial charge in [-0.3, -0.25) is 0 Å². The maximum absolute atomic E-state index is 13.1. The number of nitrogens with one attached hydrogen (secondary N) is 1. The predicted molar refractivity (Wildman–Crippen MR) is 78.9 cm³/mol. The van der Waals surface area contributed by atoms with Crippen molar-refractivity contribution in [3.8, 4) is 0 Å². The molecule has 0 bridgehead atoms. The highest BCUT2D eigenvalue weighted by molar-refractivity contribution is 6.31. The van der Waals surface area contributed by atoms with E-state index >= 15 is 0 Å². The van der Waals surface area contributed by atoms with Crippen LogP contribution in [0.25, 0.3) is 0 Å². The lowest BCUT2D eigenvalue weighted by molar-refractivity contribution is 0.192. The molecule has 0 unspecified atom stereocenters. The molecule has 1 aliphatic heterocycles. The summed E-state index contributed by atoms with van der Waals surface area (Å²) in [5.41, 5.74) is 0.889. The van der Waals surface area contributed by atoms with Gasteiger partial charge in [-0.15, -0.1) is 0 Å². The number of benzene rings is 1. The van der Waals surface area contributed by atoms with Gasteiger partial charge in [-0.2, -0.15) is 0 Å². The largest absolute Gasteiger partial charge is 0.368 e. The molecule has 0 radical (unpaired) electrons. The molecule has 1 saturated heterocycles. The van der Waals surface area contributed by atoms with E-state index in [2.05, 4.69) is 10.2 Å². The first kappa shape index (κ1) is 14.9. The summed E-state index contributed by atoms with van der Waals surface area (Å²) >= 11 is 5.79. The van der Waals surface area contributed by atoms with E-state index in [9.17, 15) is 9.18 Å². The van der Waals surface area contributed by atoms with Crippen molar-refractivity contribution < 1.29 is 9.18 Å². The number of urea groups is 1. The molecular weight excluding hydrogens is 281 g/mol. The Hall–Kier alpha value is -1.49. The molecule has 4 nitrogen and oxygen atoms in total. The molecule has 1 heterocycles. The number of hydrogen-bond acceptors (Lipinski definition) is 2. The van der Waals surface area contributed by atoms with Crippen LogP contribution in [-0.2, 0) is 0 Å². The van der Waals surface area contributed by atoms with Crippen molar-refractivity contribution in [2.45, 2.75) is 19.9 Å². The van der Waals surface area contributed by atoms with Gasteiger partial charge in [0.2, 0.25) is 0 Å². The molecule has 1 N–H and O–H groups in total. The van der Waals surface area contributed by atoms with Crippen molar-refractivity contribution in [2.24, 2.45) is 0 Å². The minimum Gasteiger partial charge on any atom is -0.368 e. The summed E-state index contributed by atoms with van der Waals surface area (Å²) in [4.78, 5) is 15.8. The Bertz CT molecular complexity index is 487. The Balaban J connectivity index is 1.94. The fraction of sp³-hybridized carbons (Fsp3) is 0.500. The molecule has 0 spiro atoms. The molecule has 1 fully saturated rings. The molecule has 1 aromatic carbocycles. The number of hydrogen-bond donors (Lipinski definition) is 1. The molecule has 0 saturated carbocycles. The van der Waals surface area contributed by atoms with Crippen LogP contribution in [0.5, 0.6) is 0 Å². The van der Waals surface area contributed by atoms with Crippen molar-refractivity contribution in [2.75, 3.05) is 31.1 Å². The second-order valence-electron chi connectivity index (χ2n) is 5.18. The number of rotatable bonds is 2. The van der Waals surface area contributed by atoms with Gasteiger partial charge in [0.1, 0.15) is 5.82 Å². The number of carbonyl (C=O) groups is 1. The molecular formula is C14H19ClFN3O. The topological polar surface area (TPSA) is 35.6 Å². The number of halogens is 2. The Morgan fingerprint density at radius 1 is 1.30 bits per heavy atom. The molecule has 2 amide bonds. The van der Waals surface area contributed by atoms with Crippen molar-refractivity contribution in [1.82, 2.24) is 10.2 Å². The first-order valence-electron chi connectivity index (χ1n) is 6.73. The van der Waals surface area contributed by atoms with Gasteiger partial charge in [0, 0.05) is 37.9 Å². The lowest BCUT2D eigenvalue weighted by Crippen LogP contribution is -2.52. The van der Waals surface area contributed by atoms with Crippen LogP contribution in [0.3, 0.4) is 0 Å². The molecule has 0 atom stereocenters. The van der Waals surface area contributed by atoms with Gasteiger partial charge in [-0.25, -0.2) is 9.18 Å². The third kappa shape index (κ3) is 3.54. The highest BCUT2D eigenvalue weighted by Gasteiger charge is 2.21. The summed E-state index contributed by atoms with van der Waals surface area (Å²) in [6.45, 7) is 6.60. The van der Waals surface area contributed by atoms with E-state index in [-0.39, 0.29) is 17.1 Å². The van der Waals surface area contributed by atoms with Crippen LogP contribution in [-0.4, -0.2) is 43.2 Å². The van der Waals surface area contributed by atoms with E-state index in [4.69, 9.17) is 11.6 Å². The maximum atomic E-state index is 13.1. The zero-order chi connectivity index (χ0) is 14.7. The third-order valence-electron chi connectivity index (χ3n) is 3.25. The van der Waals surface area contributed by atoms with Crippen LogP contribution in [0.15, 0.2) is 18.2 Å². The van der Waals surface area contributed by atoms with Gasteiger partial charge >= 0.3 is 6.03 Å². The van der Waals surface area contributed by atoms with E-state index in [1.54, 1.807) is 17.0 Å². The second kappa shape index (κ2) is 6.31. The Labute approximate surface area is 123 Å². The molecule has 1 aliphatic rings. The summed E-state index contributed by atoms with van der Waals surface area (Å²) < 4.78 is 13.1. The summed E-state index contributed by atoms with van der Waals surface area (Å²) in [7, 11) is 0. The van der Waals surface area contributed by atoms with E-state index < -0.39 is 5.82 Å². The fourth-order valence-corrected chi connectivity index (χ4v) is 2.36. The SMILES string of the molecule is CC(C)NC(=O)N1CCN(c2ccc(F)c(Cl)c2)CC1. The molecule has 0 aromatic heterocycles. The number of piperazine rings is 1. The molecule has 20 heavy (non-hydrogen) atoms. The number of amides is 2. The van der Waals surface area contributed by atoms with Gasteiger partial charge in [0.05, 0.1) is 5.02 Å². The van der Waals surface area contributed by atoms with Crippen LogP contribution >= 0.6 is 11.6 Å². The Morgan fingerprint density at radius 2 is 1.95 bits per heavy atom. The van der Waals surface area contributed by atoms with Gasteiger partial charge in [-0.05, 0) is 32.0 Å². The maximum Gasteiger partial charge on any atom is 0.317 e. The molecule has 110 valence electrons. The average molecular weight is 300 g/mol. The Kier molecular flexibility index (Phi) is 4.70. The number of carbonyl (C=O) groups excluding carboxylic acids is 1. The zero-order valence-corrected chi connectivity index (χ0v) is 12.5. The molecule has 0 aliphatic carbocycles. The standard InChI is InChI=1S/C14H19ClFN3O/c1-10(2)17-14(20)19-7-5-18(6-8-19)11-3-4-13(16)12(15)9-11/h3-4,9-10H,5-8H2,1-2H3,(H,17,20). The highest BCUT2D eigenvalue weighted by Crippen LogP contribution is 2.23. The first-order valence-corrected chi connectivity index (χ1v) is 7.10. The van der Waals surface area contributed by atoms with Crippen LogP contribution in [0.2, 0.25) is 5.02 Å². The lowest BCUT2D eigenvalue weighted by Gasteiger charge is -2.36. The average Bonchev–Trinajstić information content (AvgIpc) is 2.41. The number of anilines is 1. The van der Waals surface area contributed by atoms with E-state index in [0.29, 0.717) is 26.2 Å². The van der Waals surface area contributed by atoms with Gasteiger partial charge < -0.3 is 15.1 Å². The van der Waals surface area contributed by atoms with Crippen LogP contribution in [0.1, 0.15) is 13.8 Å². The van der Waals surface area contributed by atoms with Crippen LogP contribution in [0.4, 0.5) is 14.9 Å². The summed E-state index contributed by atoms with van der Waals surface area (Å²) in [6.07, 6.45) is 0. The van der Waals surface area contributed by atoms with Gasteiger partial charge in [0.25, 0.3) is 0 Å². The van der Waals surface area contributed by atoms with E-state index in [1.165, 1.54) is 6.07 Å². The molecule has 1 aromatic rings. The van der Waals surface area contributed by atoms with E-state index in [0.717, 1.165) is 5.69 Å². The summed E-state index contributed by atoms with van der Waals surface area (Å²) in [6, 6.07) is 4.81. The minimum atomic E-state index is -0.412. The lowest BCUT2D eigenvalue weighted by atomic mass is 10.2. The van der Waals surface area contributed by atoms with Crippen LogP contribution in [0, 0.1) is 5.82 Å². The minimum absolute atomic E-state index is 0.0308. The van der Waals surface area contributed by atoms with Crippen molar-refractivity contribution in [3.05, 3.63) is 29.0 Å². The summed E-state index contributed by atoms with van der Waals surface area (Å²) in [5.74, 6) is -0.412. The van der Waals surface area contributed by atoms with E-state index in [1.807, 2.05) is 13.8 Å². The van der Waals surface area contributed by atoms with Crippen molar-refractivity contribution in [1.29, 1.82) is 0 Å². The quantitative estimate of drug-likeness (QED) is 0.911. The van der Waals surface area contributed by atoms with Gasteiger partial charge in [0.15, 0.2) is 0 Å². The van der Waals surface area contributed by atoms with Crippen LogP contribution < -0.4 is 10.2 Å². The monoisotopic (exact) mass is 299 g/mol. The number of nitrogens with zero attached hydrogens (tertiary/aromatic N) is 2. The summed E-state index contributed by atoms with van der Waals surface area (Å²) in [5, 5.41) is 3.01. The van der Waals surface area contributed by atoms with Crippen molar-refractivity contribution in [3.63, 3.8) is 0 Å². The first-order chi connectivity index (χ1) is 9.47. The zero-order valence-electron chi connectivity index (χ0n) is 11.7. The fourth-order valence-electron chi connectivity index (χ4n) is 2.19. The second-order valence-corrected chi connectivity index (χ2v) is 5.58. The highest BCUT2D eigenvalue weighted by atomic mass is 35.5. The smallest absolute Gasteiger partial charge is 0.317 e. The third-order valence-corrected chi connectivity index (χ3v) is 3.54. The molecule has 6 heteroatoms. The van der Waals surface area contributed by atoms with Crippen molar-refractivity contribution >= 4 is 23.3 Å².